The molecule has 1 fully saturated rings. The van der Waals surface area contributed by atoms with Crippen LogP contribution in [0, 0.1) is 6.92 Å². The Hall–Kier alpha value is -3.81. The van der Waals surface area contributed by atoms with E-state index in [9.17, 15) is 9.90 Å². The van der Waals surface area contributed by atoms with Gasteiger partial charge in [-0.25, -0.2) is 9.67 Å². The number of hydrogen-bond donors (Lipinski definition) is 2. The number of aromatic nitrogens is 3. The van der Waals surface area contributed by atoms with Crippen molar-refractivity contribution in [3.05, 3.63) is 101 Å². The summed E-state index contributed by atoms with van der Waals surface area (Å²) in [6.07, 6.45) is 2.43. The van der Waals surface area contributed by atoms with Crippen molar-refractivity contribution in [3.8, 4) is 16.8 Å². The predicted octanol–water partition coefficient (Wildman–Crippen LogP) is 3.89. The van der Waals surface area contributed by atoms with Gasteiger partial charge in [-0.15, -0.1) is 5.10 Å². The molecule has 7 heteroatoms. The van der Waals surface area contributed by atoms with Crippen molar-refractivity contribution < 1.29 is 9.90 Å². The van der Waals surface area contributed by atoms with Crippen LogP contribution in [-0.4, -0.2) is 49.9 Å². The molecule has 5 rings (SSSR count). The van der Waals surface area contributed by atoms with Crippen molar-refractivity contribution in [1.82, 2.24) is 19.7 Å². The Morgan fingerprint density at radius 3 is 1.94 bits per heavy atom. The molecule has 184 valence electrons. The van der Waals surface area contributed by atoms with Crippen LogP contribution in [0.4, 0.5) is 0 Å². The Kier molecular flexibility index (Phi) is 6.93. The lowest BCUT2D eigenvalue weighted by molar-refractivity contribution is 0.0792. The number of carbonyl (C=O) groups excluding carboxylic acids is 1. The third kappa shape index (κ3) is 5.53. The number of benzene rings is 3. The van der Waals surface area contributed by atoms with Crippen LogP contribution in [0.15, 0.2) is 72.8 Å². The van der Waals surface area contributed by atoms with Gasteiger partial charge in [0.1, 0.15) is 5.82 Å². The molecule has 0 aliphatic carbocycles. The van der Waals surface area contributed by atoms with E-state index in [4.69, 9.17) is 5.73 Å². The van der Waals surface area contributed by atoms with E-state index < -0.39 is 5.91 Å². The quantitative estimate of drug-likeness (QED) is 0.417. The van der Waals surface area contributed by atoms with Crippen molar-refractivity contribution in [1.29, 1.82) is 0 Å². The predicted molar refractivity (Wildman–Crippen MR) is 140 cm³/mol. The summed E-state index contributed by atoms with van der Waals surface area (Å²) >= 11 is 0. The van der Waals surface area contributed by atoms with E-state index in [1.54, 1.807) is 11.6 Å². The number of primary amides is 1. The van der Waals surface area contributed by atoms with E-state index in [2.05, 4.69) is 75.6 Å². The Morgan fingerprint density at radius 2 is 1.42 bits per heavy atom. The molecule has 0 radical (unpaired) electrons. The molecule has 1 amide bonds. The molecule has 36 heavy (non-hydrogen) atoms. The fraction of sp³-hybridized carbons (Fsp3) is 0.276. The van der Waals surface area contributed by atoms with Crippen LogP contribution < -0.4 is 5.73 Å². The molecule has 0 saturated carbocycles. The highest BCUT2D eigenvalue weighted by Gasteiger charge is 2.17. The average molecular weight is 482 g/mol. The summed E-state index contributed by atoms with van der Waals surface area (Å²) < 4.78 is 1.63. The molecule has 3 N–H and O–H groups in total. The van der Waals surface area contributed by atoms with Gasteiger partial charge in [0.05, 0.1) is 11.8 Å². The number of piperidine rings is 1. The summed E-state index contributed by atoms with van der Waals surface area (Å²) in [6, 6.07) is 25.6. The summed E-state index contributed by atoms with van der Waals surface area (Å²) in [4.78, 5) is 17.9. The number of rotatable bonds is 7. The lowest BCUT2D eigenvalue weighted by atomic mass is 9.99. The van der Waals surface area contributed by atoms with Gasteiger partial charge in [-0.2, -0.15) is 0 Å². The Labute approximate surface area is 211 Å². The van der Waals surface area contributed by atoms with Gasteiger partial charge in [0, 0.05) is 19.6 Å². The largest absolute Gasteiger partial charge is 0.393 e. The first kappa shape index (κ1) is 23.9. The summed E-state index contributed by atoms with van der Waals surface area (Å²) in [5.41, 5.74) is 12.3. The second-order valence-corrected chi connectivity index (χ2v) is 9.50. The second kappa shape index (κ2) is 10.4. The summed E-state index contributed by atoms with van der Waals surface area (Å²) in [6.45, 7) is 4.66. The average Bonchev–Trinajstić information content (AvgIpc) is 3.29. The molecule has 0 spiro atoms. The number of hydrogen-bond acceptors (Lipinski definition) is 5. The number of likely N-dealkylation sites (tertiary alicyclic amines) is 1. The molecule has 4 aromatic rings. The number of aliphatic hydroxyl groups excluding tert-OH is 1. The first-order chi connectivity index (χ1) is 17.4. The number of aliphatic hydroxyl groups is 1. The van der Waals surface area contributed by atoms with Crippen LogP contribution in [-0.2, 0) is 13.0 Å². The van der Waals surface area contributed by atoms with Crippen molar-refractivity contribution in [2.75, 3.05) is 13.1 Å². The molecular formula is C29H31N5O2. The van der Waals surface area contributed by atoms with Crippen LogP contribution in [0.3, 0.4) is 0 Å². The summed E-state index contributed by atoms with van der Waals surface area (Å²) in [5, 5.41) is 13.9. The number of aryl methyl sites for hydroxylation is 1. The van der Waals surface area contributed by atoms with E-state index in [1.165, 1.54) is 27.8 Å². The molecular weight excluding hydrogens is 450 g/mol. The molecule has 3 aromatic carbocycles. The molecule has 0 unspecified atom stereocenters. The topological polar surface area (TPSA) is 97.3 Å². The number of nitrogens with zero attached hydrogens (tertiary/aromatic N) is 4. The van der Waals surface area contributed by atoms with Gasteiger partial charge >= 0.3 is 0 Å². The van der Waals surface area contributed by atoms with Gasteiger partial charge in [-0.05, 0) is 66.1 Å². The summed E-state index contributed by atoms with van der Waals surface area (Å²) in [7, 11) is 0. The van der Waals surface area contributed by atoms with Crippen molar-refractivity contribution >= 4 is 5.91 Å². The third-order valence-electron chi connectivity index (χ3n) is 6.78. The first-order valence-corrected chi connectivity index (χ1v) is 12.4. The fourth-order valence-corrected chi connectivity index (χ4v) is 4.68. The Morgan fingerprint density at radius 1 is 0.889 bits per heavy atom. The van der Waals surface area contributed by atoms with Crippen molar-refractivity contribution in [2.45, 2.75) is 38.8 Å². The Balaban J connectivity index is 1.20. The van der Waals surface area contributed by atoms with E-state index >= 15 is 0 Å². The lowest BCUT2D eigenvalue weighted by Gasteiger charge is -2.29. The second-order valence-electron chi connectivity index (χ2n) is 9.50. The van der Waals surface area contributed by atoms with Gasteiger partial charge < -0.3 is 10.8 Å². The van der Waals surface area contributed by atoms with E-state index in [0.29, 0.717) is 5.82 Å². The standard InChI is InChI=1S/C29H31N5O2/c1-20-31-29(28(30)36)32-34(20)26-12-6-22(7-13-26)18-21-2-8-24(9-3-21)25-10-4-23(5-11-25)19-33-16-14-27(35)15-17-33/h2-13,27,35H,14-19H2,1H3,(H2,30,36). The zero-order valence-electron chi connectivity index (χ0n) is 20.5. The van der Waals surface area contributed by atoms with Crippen LogP contribution in [0.25, 0.3) is 16.8 Å². The van der Waals surface area contributed by atoms with Crippen LogP contribution in [0.1, 0.15) is 46.0 Å². The lowest BCUT2D eigenvalue weighted by Crippen LogP contribution is -2.35. The summed E-state index contributed by atoms with van der Waals surface area (Å²) in [5.74, 6) is 0.00684. The van der Waals surface area contributed by atoms with Crippen LogP contribution in [0.2, 0.25) is 0 Å². The smallest absolute Gasteiger partial charge is 0.288 e. The minimum Gasteiger partial charge on any atom is -0.393 e. The number of carbonyl (C=O) groups is 1. The van der Waals surface area contributed by atoms with Gasteiger partial charge in [0.15, 0.2) is 0 Å². The Bertz CT molecular complexity index is 1320. The highest BCUT2D eigenvalue weighted by Crippen LogP contribution is 2.23. The van der Waals surface area contributed by atoms with E-state index in [-0.39, 0.29) is 11.9 Å². The maximum Gasteiger partial charge on any atom is 0.288 e. The zero-order valence-corrected chi connectivity index (χ0v) is 20.5. The molecule has 0 atom stereocenters. The maximum atomic E-state index is 11.3. The molecule has 1 aliphatic rings. The monoisotopic (exact) mass is 481 g/mol. The molecule has 1 aromatic heterocycles. The van der Waals surface area contributed by atoms with E-state index in [0.717, 1.165) is 44.6 Å². The van der Waals surface area contributed by atoms with Gasteiger partial charge in [0.25, 0.3) is 5.91 Å². The molecule has 7 nitrogen and oxygen atoms in total. The van der Waals surface area contributed by atoms with E-state index in [1.807, 2.05) is 12.1 Å². The van der Waals surface area contributed by atoms with Gasteiger partial charge in [0.2, 0.25) is 5.82 Å². The van der Waals surface area contributed by atoms with Gasteiger partial charge in [-0.1, -0.05) is 60.7 Å². The SMILES string of the molecule is Cc1nc(C(N)=O)nn1-c1ccc(Cc2ccc(-c3ccc(CN4CCC(O)CC4)cc3)cc2)cc1. The molecule has 2 heterocycles. The van der Waals surface area contributed by atoms with Crippen LogP contribution >= 0.6 is 0 Å². The number of nitrogens with two attached hydrogens (primary N) is 1. The molecule has 0 bridgehead atoms. The van der Waals surface area contributed by atoms with Crippen molar-refractivity contribution in [3.63, 3.8) is 0 Å². The molecule has 1 saturated heterocycles. The van der Waals surface area contributed by atoms with Crippen molar-refractivity contribution in [2.24, 2.45) is 5.73 Å². The normalized spacial score (nSPS) is 14.7. The first-order valence-electron chi connectivity index (χ1n) is 12.4. The minimum atomic E-state index is -0.633. The molecule has 1 aliphatic heterocycles. The van der Waals surface area contributed by atoms with Gasteiger partial charge in [-0.3, -0.25) is 9.69 Å². The highest BCUT2D eigenvalue weighted by molar-refractivity contribution is 5.88. The number of amides is 1. The fourth-order valence-electron chi connectivity index (χ4n) is 4.68. The zero-order chi connectivity index (χ0) is 25.1. The minimum absolute atomic E-state index is 0.0223. The third-order valence-corrected chi connectivity index (χ3v) is 6.78. The van der Waals surface area contributed by atoms with Crippen LogP contribution in [0.5, 0.6) is 0 Å². The maximum absolute atomic E-state index is 11.3. The highest BCUT2D eigenvalue weighted by atomic mass is 16.3.